The summed E-state index contributed by atoms with van der Waals surface area (Å²) in [5.41, 5.74) is 3.97. The molecule has 0 radical (unpaired) electrons. The molecule has 0 fully saturated rings. The maximum Gasteiger partial charge on any atom is 0.419 e. The molecule has 0 spiro atoms. The van der Waals surface area contributed by atoms with Crippen molar-refractivity contribution >= 4 is 34.9 Å². The van der Waals surface area contributed by atoms with Gasteiger partial charge in [-0.1, -0.05) is 11.6 Å². The van der Waals surface area contributed by atoms with Gasteiger partial charge in [-0.3, -0.25) is 9.78 Å². The number of anilines is 2. The number of carbonyl (C=O) groups is 2. The molecular weight excluding hydrogens is 503 g/mol. The lowest BCUT2D eigenvalue weighted by atomic mass is 10.1. The number of carbonyl (C=O) groups excluding carboxylic acids is 2. The van der Waals surface area contributed by atoms with Gasteiger partial charge >= 0.3 is 12.2 Å². The number of pyridine rings is 1. The number of hydrogen-bond donors (Lipinski definition) is 4. The first-order chi connectivity index (χ1) is 17.1. The van der Waals surface area contributed by atoms with Crippen molar-refractivity contribution < 1.29 is 32.2 Å². The summed E-state index contributed by atoms with van der Waals surface area (Å²) >= 11 is 5.90. The Morgan fingerprint density at radius 2 is 1.78 bits per heavy atom. The maximum atomic E-state index is 13.6. The number of nitrogens with two attached hydrogens (primary N) is 1. The molecule has 3 rings (SSSR count). The van der Waals surface area contributed by atoms with E-state index in [2.05, 4.69) is 20.9 Å². The lowest BCUT2D eigenvalue weighted by molar-refractivity contribution is -0.136. The highest BCUT2D eigenvalue weighted by Gasteiger charge is 2.38. The molecule has 0 unspecified atom stereocenters. The van der Waals surface area contributed by atoms with Crippen molar-refractivity contribution in [2.75, 3.05) is 30.8 Å². The summed E-state index contributed by atoms with van der Waals surface area (Å²) in [6.45, 7) is 0.0594. The summed E-state index contributed by atoms with van der Waals surface area (Å²) in [6, 6.07) is 10.4. The molecule has 36 heavy (non-hydrogen) atoms. The number of halogens is 4. The lowest BCUT2D eigenvalue weighted by Gasteiger charge is -2.18. The number of nitrogens with one attached hydrogen (secondary N) is 3. The fourth-order valence-electron chi connectivity index (χ4n) is 2.97. The van der Waals surface area contributed by atoms with E-state index in [0.29, 0.717) is 11.5 Å². The van der Waals surface area contributed by atoms with E-state index in [9.17, 15) is 22.8 Å². The van der Waals surface area contributed by atoms with Crippen LogP contribution in [0.4, 0.5) is 29.3 Å². The fourth-order valence-corrected chi connectivity index (χ4v) is 3.30. The van der Waals surface area contributed by atoms with Crippen molar-refractivity contribution in [3.8, 4) is 17.2 Å². The third kappa shape index (κ3) is 6.77. The van der Waals surface area contributed by atoms with Gasteiger partial charge in [0.05, 0.1) is 10.7 Å². The Morgan fingerprint density at radius 3 is 2.42 bits per heavy atom. The van der Waals surface area contributed by atoms with Crippen LogP contribution < -0.4 is 31.2 Å². The largest absolute Gasteiger partial charge is 0.491 e. The van der Waals surface area contributed by atoms with Crippen molar-refractivity contribution in [2.45, 2.75) is 6.18 Å². The monoisotopic (exact) mass is 523 g/mol. The Hall–Kier alpha value is -4.03. The Kier molecular flexibility index (Phi) is 8.56. The number of alkyl halides is 3. The summed E-state index contributed by atoms with van der Waals surface area (Å²) in [5, 5.41) is 6.36. The molecule has 0 aliphatic heterocycles. The van der Waals surface area contributed by atoms with Crippen molar-refractivity contribution in [2.24, 2.45) is 5.73 Å². The van der Waals surface area contributed by atoms with Crippen LogP contribution in [0.1, 0.15) is 16.1 Å². The van der Waals surface area contributed by atoms with E-state index in [4.69, 9.17) is 26.8 Å². The van der Waals surface area contributed by atoms with Crippen LogP contribution in [0, 0.1) is 0 Å². The van der Waals surface area contributed by atoms with Crippen LogP contribution >= 0.6 is 11.6 Å². The molecule has 13 heteroatoms. The molecule has 3 aromatic rings. The first kappa shape index (κ1) is 26.6. The number of rotatable bonds is 8. The molecule has 0 saturated carbocycles. The van der Waals surface area contributed by atoms with Crippen LogP contribution in [-0.4, -0.2) is 37.1 Å². The molecule has 2 aromatic carbocycles. The second-order valence-electron chi connectivity index (χ2n) is 7.10. The van der Waals surface area contributed by atoms with Crippen LogP contribution in [0.25, 0.3) is 0 Å². The quantitative estimate of drug-likeness (QED) is 0.333. The Balaban J connectivity index is 1.69. The Labute approximate surface area is 208 Å². The fraction of sp³-hybridized carbons (Fsp3) is 0.174. The minimum atomic E-state index is -4.86. The topological polar surface area (TPSA) is 128 Å². The first-order valence-electron chi connectivity index (χ1n) is 10.4. The predicted molar refractivity (Wildman–Crippen MR) is 128 cm³/mol. The van der Waals surface area contributed by atoms with Crippen LogP contribution in [0.15, 0.2) is 54.7 Å². The van der Waals surface area contributed by atoms with Gasteiger partial charge in [-0.05, 0) is 42.5 Å². The second kappa shape index (κ2) is 11.6. The molecule has 0 aliphatic carbocycles. The van der Waals surface area contributed by atoms with Crippen LogP contribution in [-0.2, 0) is 6.18 Å². The molecule has 1 heterocycles. The van der Waals surface area contributed by atoms with E-state index >= 15 is 0 Å². The molecule has 0 bridgehead atoms. The predicted octanol–water partition coefficient (Wildman–Crippen LogP) is 4.89. The van der Waals surface area contributed by atoms with Crippen molar-refractivity contribution in [1.29, 1.82) is 0 Å². The van der Waals surface area contributed by atoms with Gasteiger partial charge < -0.3 is 31.2 Å². The molecule has 1 aromatic heterocycles. The van der Waals surface area contributed by atoms with E-state index in [1.165, 1.54) is 49.6 Å². The smallest absolute Gasteiger partial charge is 0.419 e. The number of ether oxygens (including phenoxy) is 2. The van der Waals surface area contributed by atoms with Crippen molar-refractivity contribution in [3.63, 3.8) is 0 Å². The van der Waals surface area contributed by atoms with Gasteiger partial charge in [0.15, 0.2) is 0 Å². The summed E-state index contributed by atoms with van der Waals surface area (Å²) in [4.78, 5) is 28.0. The summed E-state index contributed by atoms with van der Waals surface area (Å²) in [7, 11) is 1.48. The summed E-state index contributed by atoms with van der Waals surface area (Å²) in [5.74, 6) is 0.165. The highest BCUT2D eigenvalue weighted by atomic mass is 35.5. The normalized spacial score (nSPS) is 10.9. The number of nitrogens with zero attached hydrogens (tertiary/aromatic N) is 1. The van der Waals surface area contributed by atoms with Gasteiger partial charge in [-0.2, -0.15) is 13.2 Å². The molecule has 5 N–H and O–H groups in total. The molecule has 9 nitrogen and oxygen atoms in total. The average Bonchev–Trinajstić information content (AvgIpc) is 2.83. The van der Waals surface area contributed by atoms with E-state index < -0.39 is 28.5 Å². The van der Waals surface area contributed by atoms with Gasteiger partial charge in [-0.25, -0.2) is 4.79 Å². The zero-order valence-electron chi connectivity index (χ0n) is 18.8. The van der Waals surface area contributed by atoms with Gasteiger partial charge in [0.25, 0.3) is 5.91 Å². The van der Waals surface area contributed by atoms with E-state index in [0.717, 1.165) is 6.07 Å². The van der Waals surface area contributed by atoms with E-state index in [1.54, 1.807) is 6.07 Å². The SMILES string of the molecule is CNC(=O)c1cc(Oc2ccc(NC(=O)Nc3ccc(OCCN)c(Cl)c3C(F)(F)F)cc2)ccn1. The van der Waals surface area contributed by atoms with Crippen molar-refractivity contribution in [1.82, 2.24) is 10.3 Å². The lowest BCUT2D eigenvalue weighted by Crippen LogP contribution is -2.22. The zero-order chi connectivity index (χ0) is 26.3. The van der Waals surface area contributed by atoms with Gasteiger partial charge in [0.2, 0.25) is 0 Å². The minimum Gasteiger partial charge on any atom is -0.491 e. The van der Waals surface area contributed by atoms with Gasteiger partial charge in [-0.15, -0.1) is 0 Å². The first-order valence-corrected chi connectivity index (χ1v) is 10.8. The third-order valence-electron chi connectivity index (χ3n) is 4.55. The molecule has 0 saturated heterocycles. The number of urea groups is 1. The standard InChI is InChI=1S/C23H21ClF3N5O4/c1-29-21(33)17-12-15(8-10-30-17)36-14-4-2-13(3-5-14)31-22(34)32-16-6-7-18(35-11-9-28)20(24)19(16)23(25,26)27/h2-8,10,12H,9,11,28H2,1H3,(H,29,33)(H2,31,32,34). The minimum absolute atomic E-state index is 0.0274. The number of amides is 3. The molecule has 0 aliphatic rings. The van der Waals surface area contributed by atoms with Crippen molar-refractivity contribution in [3.05, 3.63) is 71.0 Å². The van der Waals surface area contributed by atoms with Crippen LogP contribution in [0.5, 0.6) is 17.2 Å². The Bertz CT molecular complexity index is 1240. The highest BCUT2D eigenvalue weighted by molar-refractivity contribution is 6.33. The molecular formula is C23H21ClF3N5O4. The summed E-state index contributed by atoms with van der Waals surface area (Å²) < 4.78 is 51.7. The molecule has 0 atom stereocenters. The van der Waals surface area contributed by atoms with E-state index in [-0.39, 0.29) is 36.2 Å². The Morgan fingerprint density at radius 1 is 1.06 bits per heavy atom. The van der Waals surface area contributed by atoms with Crippen LogP contribution in [0.3, 0.4) is 0 Å². The summed E-state index contributed by atoms with van der Waals surface area (Å²) in [6.07, 6.45) is -3.44. The number of benzene rings is 2. The third-order valence-corrected chi connectivity index (χ3v) is 4.93. The molecule has 3 amide bonds. The molecule has 190 valence electrons. The average molecular weight is 524 g/mol. The van der Waals surface area contributed by atoms with E-state index in [1.807, 2.05) is 0 Å². The van der Waals surface area contributed by atoms with Gasteiger partial charge in [0, 0.05) is 31.5 Å². The van der Waals surface area contributed by atoms with Gasteiger partial charge in [0.1, 0.15) is 35.1 Å². The number of aromatic nitrogens is 1. The maximum absolute atomic E-state index is 13.6. The van der Waals surface area contributed by atoms with Crippen LogP contribution in [0.2, 0.25) is 5.02 Å². The second-order valence-corrected chi connectivity index (χ2v) is 7.47. The zero-order valence-corrected chi connectivity index (χ0v) is 19.5. The highest BCUT2D eigenvalue weighted by Crippen LogP contribution is 2.44. The number of hydrogen-bond acceptors (Lipinski definition) is 6.